The molecular weight excluding hydrogens is 245 g/mol. The van der Waals surface area contributed by atoms with Gasteiger partial charge in [-0.1, -0.05) is 0 Å². The Morgan fingerprint density at radius 3 is 3.00 bits per heavy atom. The van der Waals surface area contributed by atoms with Crippen LogP contribution in [-0.2, 0) is 4.74 Å². The van der Waals surface area contributed by atoms with Gasteiger partial charge in [-0.15, -0.1) is 0 Å². The quantitative estimate of drug-likeness (QED) is 0.341. The molecule has 2 heterocycles. The fraction of sp³-hybridized carbons (Fsp3) is 0.556. The lowest BCUT2D eigenvalue weighted by Crippen LogP contribution is -2.30. The Balaban J connectivity index is 2.12. The first-order valence-electron chi connectivity index (χ1n) is 5.26. The molecule has 18 heavy (non-hydrogen) atoms. The van der Waals surface area contributed by atoms with E-state index in [4.69, 9.17) is 21.0 Å². The number of aromatic nitrogens is 2. The normalized spacial score (nSPS) is 31.5. The Kier molecular flexibility index (Phi) is 3.45. The van der Waals surface area contributed by atoms with E-state index in [0.29, 0.717) is 0 Å². The van der Waals surface area contributed by atoms with Crippen molar-refractivity contribution in [1.82, 2.24) is 9.55 Å². The van der Waals surface area contributed by atoms with E-state index < -0.39 is 31.2 Å². The van der Waals surface area contributed by atoms with Crippen LogP contribution in [0, 0.1) is 5.41 Å². The molecule has 0 bridgehead atoms. The third-order valence-corrected chi connectivity index (χ3v) is 2.63. The van der Waals surface area contributed by atoms with Crippen LogP contribution in [-0.4, -0.2) is 50.7 Å². The van der Waals surface area contributed by atoms with Crippen LogP contribution in [0.5, 0.6) is 0 Å². The van der Waals surface area contributed by atoms with Crippen LogP contribution >= 0.6 is 0 Å². The van der Waals surface area contributed by atoms with Crippen LogP contribution < -0.4 is 11.1 Å². The van der Waals surface area contributed by atoms with Gasteiger partial charge < -0.3 is 30.6 Å². The van der Waals surface area contributed by atoms with Gasteiger partial charge in [0.25, 0.3) is 0 Å². The summed E-state index contributed by atoms with van der Waals surface area (Å²) in [6, 6.07) is 0. The molecule has 2 rings (SSSR count). The fourth-order valence-electron chi connectivity index (χ4n) is 1.77. The van der Waals surface area contributed by atoms with Crippen molar-refractivity contribution < 1.29 is 19.3 Å². The molecule has 0 spiro atoms. The first-order valence-corrected chi connectivity index (χ1v) is 5.26. The average Bonchev–Trinajstić information content (AvgIpc) is 2.86. The van der Waals surface area contributed by atoms with Crippen molar-refractivity contribution in [3.63, 3.8) is 0 Å². The van der Waals surface area contributed by atoms with Gasteiger partial charge in [-0.25, -0.2) is 9.37 Å². The first kappa shape index (κ1) is 12.7. The lowest BCUT2D eigenvalue weighted by atomic mass is 10.1. The van der Waals surface area contributed by atoms with Gasteiger partial charge in [0.15, 0.2) is 24.2 Å². The maximum atomic E-state index is 13.8. The van der Waals surface area contributed by atoms with Gasteiger partial charge >= 0.3 is 0 Å². The second-order valence-electron chi connectivity index (χ2n) is 3.93. The Hall–Kier alpha value is -1.71. The lowest BCUT2D eigenvalue weighted by molar-refractivity contribution is -0.0473. The van der Waals surface area contributed by atoms with Crippen LogP contribution in [0.4, 0.5) is 10.2 Å². The van der Waals surface area contributed by atoms with Gasteiger partial charge in [0.1, 0.15) is 12.2 Å². The molecule has 1 aromatic rings. The van der Waals surface area contributed by atoms with E-state index in [2.05, 4.69) is 10.3 Å². The highest BCUT2D eigenvalue weighted by atomic mass is 19.1. The molecule has 100 valence electrons. The van der Waals surface area contributed by atoms with Gasteiger partial charge in [0, 0.05) is 0 Å². The van der Waals surface area contributed by atoms with Crippen LogP contribution in [0.15, 0.2) is 12.5 Å². The van der Waals surface area contributed by atoms with Crippen molar-refractivity contribution >= 4 is 11.8 Å². The molecule has 1 aliphatic heterocycles. The van der Waals surface area contributed by atoms with Crippen molar-refractivity contribution in [3.05, 3.63) is 12.5 Å². The molecule has 0 radical (unpaired) electrons. The maximum absolute atomic E-state index is 13.8. The number of nitrogens with zero attached hydrogens (tertiary/aromatic N) is 2. The number of imidazole rings is 1. The molecule has 9 heteroatoms. The number of ether oxygens (including phenoxy) is 1. The second kappa shape index (κ2) is 4.88. The molecule has 1 fully saturated rings. The number of anilines is 1. The number of alkyl halides is 1. The standard InChI is InChI=1S/C9H14FN5O3/c10-6-7(17)4(2-16)18-8(6)15-1-5(13-3-15)14-9(11)12/h1,3-4,6-8,16-17H,2H2,(H4,11,12,14)/t4-,6+,7-,8-/m1/s1. The summed E-state index contributed by atoms with van der Waals surface area (Å²) in [6.07, 6.45) is -2.39. The van der Waals surface area contributed by atoms with E-state index in [1.807, 2.05) is 0 Å². The number of nitrogens with one attached hydrogen (secondary N) is 2. The van der Waals surface area contributed by atoms with Crippen LogP contribution in [0.2, 0.25) is 0 Å². The zero-order chi connectivity index (χ0) is 13.3. The van der Waals surface area contributed by atoms with Crippen LogP contribution in [0.3, 0.4) is 0 Å². The Morgan fingerprint density at radius 1 is 1.72 bits per heavy atom. The molecule has 6 N–H and O–H groups in total. The van der Waals surface area contributed by atoms with E-state index in [1.165, 1.54) is 17.1 Å². The van der Waals surface area contributed by atoms with Gasteiger partial charge in [-0.05, 0) is 0 Å². The highest BCUT2D eigenvalue weighted by molar-refractivity contribution is 5.88. The predicted molar refractivity (Wildman–Crippen MR) is 59.7 cm³/mol. The van der Waals surface area contributed by atoms with Gasteiger partial charge in [-0.3, -0.25) is 5.41 Å². The summed E-state index contributed by atoms with van der Waals surface area (Å²) in [5, 5.41) is 27.8. The number of nitrogens with two attached hydrogens (primary N) is 1. The Morgan fingerprint density at radius 2 is 2.44 bits per heavy atom. The molecule has 1 saturated heterocycles. The summed E-state index contributed by atoms with van der Waals surface area (Å²) >= 11 is 0. The van der Waals surface area contributed by atoms with Crippen molar-refractivity contribution in [2.24, 2.45) is 5.73 Å². The zero-order valence-electron chi connectivity index (χ0n) is 9.32. The molecule has 8 nitrogen and oxygen atoms in total. The van der Waals surface area contributed by atoms with E-state index in [1.54, 1.807) is 0 Å². The minimum absolute atomic E-state index is 0.264. The fourth-order valence-corrected chi connectivity index (χ4v) is 1.77. The second-order valence-corrected chi connectivity index (χ2v) is 3.93. The van der Waals surface area contributed by atoms with Crippen molar-refractivity contribution in [3.8, 4) is 0 Å². The van der Waals surface area contributed by atoms with Crippen molar-refractivity contribution in [2.45, 2.75) is 24.6 Å². The summed E-state index contributed by atoms with van der Waals surface area (Å²) in [5.74, 6) is -0.0297. The summed E-state index contributed by atoms with van der Waals surface area (Å²) < 4.78 is 20.2. The smallest absolute Gasteiger partial charge is 0.191 e. The molecule has 4 atom stereocenters. The molecule has 0 aliphatic carbocycles. The Bertz CT molecular complexity index is 440. The van der Waals surface area contributed by atoms with Crippen LogP contribution in [0.1, 0.15) is 6.23 Å². The van der Waals surface area contributed by atoms with Crippen molar-refractivity contribution in [1.29, 1.82) is 5.41 Å². The number of halogens is 1. The van der Waals surface area contributed by atoms with Gasteiger partial charge in [-0.2, -0.15) is 0 Å². The minimum Gasteiger partial charge on any atom is -0.394 e. The van der Waals surface area contributed by atoms with E-state index in [0.717, 1.165) is 0 Å². The first-order chi connectivity index (χ1) is 8.52. The maximum Gasteiger partial charge on any atom is 0.191 e. The monoisotopic (exact) mass is 259 g/mol. The number of rotatable bonds is 3. The number of hydrogen-bond donors (Lipinski definition) is 5. The summed E-state index contributed by atoms with van der Waals surface area (Å²) in [4.78, 5) is 3.85. The topological polar surface area (TPSA) is 129 Å². The number of aliphatic hydroxyl groups excluding tert-OH is 2. The Labute approximate surface area is 102 Å². The van der Waals surface area contributed by atoms with E-state index in [9.17, 15) is 9.50 Å². The number of aliphatic hydroxyl groups is 2. The molecule has 0 amide bonds. The molecule has 0 unspecified atom stereocenters. The number of hydrogen-bond acceptors (Lipinski definition) is 5. The third-order valence-electron chi connectivity index (χ3n) is 2.63. The predicted octanol–water partition coefficient (Wildman–Crippen LogP) is -1.22. The average molecular weight is 259 g/mol. The summed E-state index contributed by atoms with van der Waals surface area (Å²) in [7, 11) is 0. The SMILES string of the molecule is N=C(N)Nc1cn([C@@H]2O[C@H](CO)[C@@H](O)[C@@H]2F)cn1. The summed E-state index contributed by atoms with van der Waals surface area (Å²) in [6.45, 7) is -0.467. The van der Waals surface area contributed by atoms with E-state index in [-0.39, 0.29) is 11.8 Å². The minimum atomic E-state index is -1.67. The third kappa shape index (κ3) is 2.28. The molecular formula is C9H14FN5O3. The van der Waals surface area contributed by atoms with E-state index >= 15 is 0 Å². The van der Waals surface area contributed by atoms with Gasteiger partial charge in [0.2, 0.25) is 0 Å². The molecule has 1 aromatic heterocycles. The summed E-state index contributed by atoms with van der Waals surface area (Å²) in [5.41, 5.74) is 5.12. The lowest BCUT2D eigenvalue weighted by Gasteiger charge is -2.13. The number of guanidine groups is 1. The van der Waals surface area contributed by atoms with Gasteiger partial charge in [0.05, 0.1) is 19.1 Å². The molecule has 1 aliphatic rings. The molecule has 0 aromatic carbocycles. The zero-order valence-corrected chi connectivity index (χ0v) is 9.32. The van der Waals surface area contributed by atoms with Crippen molar-refractivity contribution in [2.75, 3.05) is 11.9 Å². The van der Waals surface area contributed by atoms with Crippen LogP contribution in [0.25, 0.3) is 0 Å². The largest absolute Gasteiger partial charge is 0.394 e. The molecule has 0 saturated carbocycles. The highest BCUT2D eigenvalue weighted by Crippen LogP contribution is 2.31. The highest BCUT2D eigenvalue weighted by Gasteiger charge is 2.44.